The Labute approximate surface area is 279 Å². The van der Waals surface area contributed by atoms with Gasteiger partial charge in [-0.25, -0.2) is 9.79 Å². The molecule has 11 heteroatoms. The average molecular weight is 665 g/mol. The lowest BCUT2D eigenvalue weighted by molar-refractivity contribution is -0.384. The van der Waals surface area contributed by atoms with Gasteiger partial charge < -0.3 is 9.30 Å². The van der Waals surface area contributed by atoms with Crippen molar-refractivity contribution in [2.45, 2.75) is 50.5 Å². The Kier molecular flexibility index (Phi) is 8.85. The summed E-state index contributed by atoms with van der Waals surface area (Å²) >= 11 is 2.84. The van der Waals surface area contributed by atoms with Crippen molar-refractivity contribution in [1.82, 2.24) is 9.13 Å². The maximum absolute atomic E-state index is 14.1. The number of aryl methyl sites for hydroxylation is 2. The highest BCUT2D eigenvalue weighted by Gasteiger charge is 2.33. The molecule has 1 aliphatic heterocycles. The van der Waals surface area contributed by atoms with E-state index in [2.05, 4.69) is 10.6 Å². The smallest absolute Gasteiger partial charge is 0.338 e. The number of nitro benzene ring substituents is 1. The molecule has 0 saturated carbocycles. The number of carbonyl (C=O) groups is 1. The van der Waals surface area contributed by atoms with Crippen LogP contribution in [0, 0.1) is 30.9 Å². The number of allylic oxidation sites excluding steroid dienone is 1. The van der Waals surface area contributed by atoms with E-state index in [0.717, 1.165) is 43.6 Å². The zero-order valence-corrected chi connectivity index (χ0v) is 28.1. The van der Waals surface area contributed by atoms with Crippen molar-refractivity contribution in [3.63, 3.8) is 0 Å². The quantitative estimate of drug-likeness (QED) is 0.105. The Morgan fingerprint density at radius 3 is 2.26 bits per heavy atom. The van der Waals surface area contributed by atoms with E-state index >= 15 is 0 Å². The summed E-state index contributed by atoms with van der Waals surface area (Å²) < 4.78 is 9.68. The minimum atomic E-state index is -0.650. The van der Waals surface area contributed by atoms with Gasteiger partial charge in [0.1, 0.15) is 0 Å². The Bertz CT molecular complexity index is 2230. The normalized spacial score (nSPS) is 14.6. The fourth-order valence-electron chi connectivity index (χ4n) is 5.76. The minimum absolute atomic E-state index is 0.0648. The lowest BCUT2D eigenvalue weighted by atomic mass is 9.95. The molecule has 1 aliphatic rings. The molecular formula is C36H32N4O5S2. The molecule has 0 fully saturated rings. The molecule has 0 radical (unpaired) electrons. The standard InChI is InChI=1S/C36H32N4O5S2/c1-6-45-35(42)32-23(4)37-36-39(33(32)25-9-7-21(2)8-10-25)34(41)31(47-36)20-26-19-22(3)38(24(26)5)27-11-15-29(16-12-27)46-30-17-13-28(14-18-30)40(43)44/h7-20,33H,6H2,1-5H3/b31-20+/t33-/m0/s1. The summed E-state index contributed by atoms with van der Waals surface area (Å²) in [6.07, 6.45) is 1.90. The lowest BCUT2D eigenvalue weighted by Gasteiger charge is -2.24. The summed E-state index contributed by atoms with van der Waals surface area (Å²) in [5.74, 6) is -0.477. The zero-order valence-electron chi connectivity index (χ0n) is 26.5. The number of non-ortho nitro benzene ring substituents is 1. The first-order valence-electron chi connectivity index (χ1n) is 15.0. The van der Waals surface area contributed by atoms with Crippen LogP contribution in [0.5, 0.6) is 0 Å². The van der Waals surface area contributed by atoms with Crippen LogP contribution in [0.25, 0.3) is 11.8 Å². The highest BCUT2D eigenvalue weighted by molar-refractivity contribution is 7.99. The largest absolute Gasteiger partial charge is 0.463 e. The van der Waals surface area contributed by atoms with Crippen LogP contribution in [0.3, 0.4) is 0 Å². The summed E-state index contributed by atoms with van der Waals surface area (Å²) in [5.41, 5.74) is 6.51. The molecule has 3 heterocycles. The third-order valence-electron chi connectivity index (χ3n) is 8.05. The molecule has 6 rings (SSSR count). The highest BCUT2D eigenvalue weighted by atomic mass is 32.2. The average Bonchev–Trinajstić information content (AvgIpc) is 3.50. The second kappa shape index (κ2) is 13.0. The number of hydrogen-bond acceptors (Lipinski definition) is 8. The molecule has 0 saturated heterocycles. The molecular weight excluding hydrogens is 633 g/mol. The van der Waals surface area contributed by atoms with E-state index in [-0.39, 0.29) is 17.9 Å². The molecule has 0 spiro atoms. The Morgan fingerprint density at radius 1 is 1.00 bits per heavy atom. The van der Waals surface area contributed by atoms with E-state index in [4.69, 9.17) is 9.73 Å². The van der Waals surface area contributed by atoms with Gasteiger partial charge in [-0.15, -0.1) is 0 Å². The van der Waals surface area contributed by atoms with Crippen molar-refractivity contribution < 1.29 is 14.5 Å². The van der Waals surface area contributed by atoms with Crippen molar-refractivity contribution in [1.29, 1.82) is 0 Å². The third kappa shape index (κ3) is 6.24. The van der Waals surface area contributed by atoms with E-state index in [9.17, 15) is 19.7 Å². The molecule has 238 valence electrons. The predicted molar refractivity (Wildman–Crippen MR) is 184 cm³/mol. The molecule has 5 aromatic rings. The summed E-state index contributed by atoms with van der Waals surface area (Å²) in [6.45, 7) is 9.81. The van der Waals surface area contributed by atoms with Gasteiger partial charge in [0.2, 0.25) is 0 Å². The van der Waals surface area contributed by atoms with E-state index in [1.54, 1.807) is 30.5 Å². The van der Waals surface area contributed by atoms with Crippen LogP contribution in [0.15, 0.2) is 110 Å². The van der Waals surface area contributed by atoms with E-state index in [0.29, 0.717) is 20.6 Å². The van der Waals surface area contributed by atoms with Crippen LogP contribution in [0.4, 0.5) is 5.69 Å². The van der Waals surface area contributed by atoms with Crippen LogP contribution in [-0.4, -0.2) is 26.6 Å². The van der Waals surface area contributed by atoms with Crippen molar-refractivity contribution in [2.75, 3.05) is 6.61 Å². The molecule has 0 unspecified atom stereocenters. The summed E-state index contributed by atoms with van der Waals surface area (Å²) in [4.78, 5) is 44.9. The van der Waals surface area contributed by atoms with Gasteiger partial charge in [-0.3, -0.25) is 19.5 Å². The van der Waals surface area contributed by atoms with E-state index in [1.807, 2.05) is 75.4 Å². The van der Waals surface area contributed by atoms with Crippen molar-refractivity contribution in [3.8, 4) is 5.69 Å². The zero-order chi connectivity index (χ0) is 33.4. The van der Waals surface area contributed by atoms with Crippen LogP contribution in [0.2, 0.25) is 0 Å². The fourth-order valence-corrected chi connectivity index (χ4v) is 7.62. The molecule has 0 N–H and O–H groups in total. The first kappa shape index (κ1) is 32.0. The molecule has 0 bridgehead atoms. The number of nitrogens with zero attached hydrogens (tertiary/aromatic N) is 4. The van der Waals surface area contributed by atoms with Gasteiger partial charge in [-0.2, -0.15) is 0 Å². The van der Waals surface area contributed by atoms with E-state index < -0.39 is 16.9 Å². The molecule has 9 nitrogen and oxygen atoms in total. The van der Waals surface area contributed by atoms with Crippen LogP contribution in [0.1, 0.15) is 48.0 Å². The molecule has 0 amide bonds. The minimum Gasteiger partial charge on any atom is -0.463 e. The van der Waals surface area contributed by atoms with Crippen molar-refractivity contribution >= 4 is 40.8 Å². The molecule has 3 aromatic carbocycles. The first-order valence-corrected chi connectivity index (χ1v) is 16.7. The number of aromatic nitrogens is 2. The third-order valence-corrected chi connectivity index (χ3v) is 10.0. The topological polar surface area (TPSA) is 109 Å². The van der Waals surface area contributed by atoms with Gasteiger partial charge in [-0.1, -0.05) is 52.9 Å². The van der Waals surface area contributed by atoms with Crippen LogP contribution >= 0.6 is 23.1 Å². The monoisotopic (exact) mass is 664 g/mol. The van der Waals surface area contributed by atoms with Gasteiger partial charge in [0.25, 0.3) is 11.2 Å². The number of benzene rings is 3. The Morgan fingerprint density at radius 2 is 1.64 bits per heavy atom. The second-order valence-corrected chi connectivity index (χ2v) is 13.4. The van der Waals surface area contributed by atoms with Crippen molar-refractivity contribution in [2.24, 2.45) is 4.99 Å². The molecule has 47 heavy (non-hydrogen) atoms. The molecule has 0 aliphatic carbocycles. The summed E-state index contributed by atoms with van der Waals surface area (Å²) in [5, 5.41) is 11.0. The number of esters is 1. The van der Waals surface area contributed by atoms with Gasteiger partial charge in [0.05, 0.1) is 33.4 Å². The number of hydrogen-bond donors (Lipinski definition) is 0. The number of thiazole rings is 1. The maximum Gasteiger partial charge on any atom is 0.338 e. The number of carbonyl (C=O) groups excluding carboxylic acids is 1. The Hall–Kier alpha value is -5.00. The molecule has 2 aromatic heterocycles. The SMILES string of the molecule is CCOC(=O)C1=C(C)N=c2s/c(=C/c3cc(C)n(-c4ccc(Sc5ccc([N+](=O)[O-])cc5)cc4)c3C)c(=O)n2[C@H]1c1ccc(C)cc1. The van der Waals surface area contributed by atoms with Gasteiger partial charge in [0, 0.05) is 39.0 Å². The lowest BCUT2D eigenvalue weighted by Crippen LogP contribution is -2.39. The van der Waals surface area contributed by atoms with Gasteiger partial charge >= 0.3 is 5.97 Å². The first-order chi connectivity index (χ1) is 22.5. The fraction of sp³-hybridized carbons (Fsp3) is 0.194. The maximum atomic E-state index is 14.1. The van der Waals surface area contributed by atoms with Gasteiger partial charge in [0.15, 0.2) is 4.80 Å². The highest BCUT2D eigenvalue weighted by Crippen LogP contribution is 2.32. The number of rotatable bonds is 8. The second-order valence-electron chi connectivity index (χ2n) is 11.2. The number of ether oxygens (including phenoxy) is 1. The number of nitro groups is 1. The summed E-state index contributed by atoms with van der Waals surface area (Å²) in [7, 11) is 0. The predicted octanol–water partition coefficient (Wildman–Crippen LogP) is 6.57. The Balaban J connectivity index is 1.35. The van der Waals surface area contributed by atoms with Crippen LogP contribution < -0.4 is 14.9 Å². The molecule has 1 atom stereocenters. The van der Waals surface area contributed by atoms with Crippen LogP contribution in [-0.2, 0) is 9.53 Å². The summed E-state index contributed by atoms with van der Waals surface area (Å²) in [6, 6.07) is 23.8. The van der Waals surface area contributed by atoms with Crippen molar-refractivity contribution in [3.05, 3.63) is 148 Å². The number of fused-ring (bicyclic) bond motifs is 1. The van der Waals surface area contributed by atoms with E-state index in [1.165, 1.54) is 35.2 Å². The van der Waals surface area contributed by atoms with Gasteiger partial charge in [-0.05, 0) is 94.3 Å².